The highest BCUT2D eigenvalue weighted by atomic mass is 32.2. The molecule has 0 unspecified atom stereocenters. The molecule has 2 aliphatic rings. The van der Waals surface area contributed by atoms with Gasteiger partial charge in [0, 0.05) is 37.5 Å². The van der Waals surface area contributed by atoms with Crippen molar-refractivity contribution in [3.63, 3.8) is 0 Å². The van der Waals surface area contributed by atoms with Gasteiger partial charge in [-0.1, -0.05) is 31.2 Å². The van der Waals surface area contributed by atoms with Gasteiger partial charge in [-0.05, 0) is 31.9 Å². The van der Waals surface area contributed by atoms with Crippen LogP contribution in [-0.2, 0) is 4.79 Å². The molecule has 3 heterocycles. The Balaban J connectivity index is 1.59. The topological polar surface area (TPSA) is 119 Å². The van der Waals surface area contributed by atoms with Crippen LogP contribution < -0.4 is 15.8 Å². The number of carbonyl (C=O) groups excluding carboxylic acids is 1. The number of aliphatic imine (C=N–C) groups is 1. The van der Waals surface area contributed by atoms with Crippen LogP contribution in [0.2, 0.25) is 0 Å². The lowest BCUT2D eigenvalue weighted by Gasteiger charge is -2.34. The fraction of sp³-hybridized carbons (Fsp3) is 0.370. The van der Waals surface area contributed by atoms with Crippen molar-refractivity contribution in [3.8, 4) is 18.2 Å². The molecule has 9 nitrogen and oxygen atoms in total. The molecule has 12 heteroatoms. The first-order chi connectivity index (χ1) is 18.4. The summed E-state index contributed by atoms with van der Waals surface area (Å²) in [6, 6.07) is 1.63. The standard InChI is InChI=1S/C27H29F2N7O2S/c1-8-11-38-19-13-32-21-18(34-19)9-10-31-23(21)33-14(2)12-17(28)20(29)15(3)26(5)22-16(4)27(22,24(37)36(6)7)39-25(30)35-26/h1,9-10,12-13,16,22H,3,11H2,2,4-7H3,(H2,30,35)(H,31,33)/b14-12+,20-17-/t16-,22-,26+,27-/m0/s1. The van der Waals surface area contributed by atoms with E-state index in [4.69, 9.17) is 16.9 Å². The van der Waals surface area contributed by atoms with E-state index in [2.05, 4.69) is 37.8 Å². The second-order valence-corrected chi connectivity index (χ2v) is 11.1. The van der Waals surface area contributed by atoms with Crippen molar-refractivity contribution in [1.29, 1.82) is 0 Å². The summed E-state index contributed by atoms with van der Waals surface area (Å²) in [5, 5.41) is 3.06. The van der Waals surface area contributed by atoms with E-state index >= 15 is 8.78 Å². The Labute approximate surface area is 229 Å². The number of hydrogen-bond acceptors (Lipinski definition) is 9. The van der Waals surface area contributed by atoms with E-state index in [0.717, 1.165) is 6.08 Å². The molecule has 0 bridgehead atoms. The summed E-state index contributed by atoms with van der Waals surface area (Å²) in [7, 11) is 3.30. The first kappa shape index (κ1) is 28.0. The number of terminal acetylenes is 1. The number of anilines is 1. The zero-order valence-corrected chi connectivity index (χ0v) is 23.1. The number of halogens is 2. The highest BCUT2D eigenvalue weighted by Crippen LogP contribution is 2.69. The third-order valence-corrected chi connectivity index (χ3v) is 8.42. The molecule has 4 rings (SSSR count). The van der Waals surface area contributed by atoms with E-state index < -0.39 is 27.9 Å². The smallest absolute Gasteiger partial charge is 0.239 e. The molecule has 4 atom stereocenters. The van der Waals surface area contributed by atoms with Gasteiger partial charge in [-0.3, -0.25) is 9.79 Å². The Kier molecular flexibility index (Phi) is 7.40. The lowest BCUT2D eigenvalue weighted by atomic mass is 9.84. The Hall–Kier alpha value is -3.98. The van der Waals surface area contributed by atoms with Gasteiger partial charge in [-0.2, -0.15) is 0 Å². The normalized spacial score (nSPS) is 26.5. The molecule has 1 aliphatic heterocycles. The van der Waals surface area contributed by atoms with Crippen molar-refractivity contribution in [1.82, 2.24) is 19.9 Å². The van der Waals surface area contributed by atoms with E-state index in [0.29, 0.717) is 11.0 Å². The van der Waals surface area contributed by atoms with Crippen molar-refractivity contribution in [2.75, 3.05) is 26.0 Å². The van der Waals surface area contributed by atoms with Crippen molar-refractivity contribution < 1.29 is 18.3 Å². The molecule has 0 radical (unpaired) electrons. The molecule has 1 fully saturated rings. The van der Waals surface area contributed by atoms with E-state index in [1.165, 1.54) is 29.1 Å². The quantitative estimate of drug-likeness (QED) is 0.372. The van der Waals surface area contributed by atoms with Crippen molar-refractivity contribution in [3.05, 3.63) is 54.0 Å². The summed E-state index contributed by atoms with van der Waals surface area (Å²) in [5.41, 5.74) is 5.71. The van der Waals surface area contributed by atoms with Gasteiger partial charge in [0.25, 0.3) is 0 Å². The van der Waals surface area contributed by atoms with Crippen molar-refractivity contribution in [2.24, 2.45) is 22.6 Å². The summed E-state index contributed by atoms with van der Waals surface area (Å²) in [4.78, 5) is 31.8. The molecule has 0 spiro atoms. The van der Waals surface area contributed by atoms with Crippen LogP contribution in [0.25, 0.3) is 11.0 Å². The zero-order chi connectivity index (χ0) is 28.7. The molecule has 2 aromatic rings. The van der Waals surface area contributed by atoms with Gasteiger partial charge in [0.15, 0.2) is 29.2 Å². The van der Waals surface area contributed by atoms with Crippen LogP contribution >= 0.6 is 11.8 Å². The molecule has 2 aromatic heterocycles. The third-order valence-electron chi connectivity index (χ3n) is 6.98. The molecule has 0 saturated heterocycles. The van der Waals surface area contributed by atoms with Crippen LogP contribution in [0.4, 0.5) is 14.6 Å². The maximum atomic E-state index is 15.5. The molecule has 204 valence electrons. The highest BCUT2D eigenvalue weighted by molar-refractivity contribution is 8.15. The summed E-state index contributed by atoms with van der Waals surface area (Å²) in [6.07, 6.45) is 9.08. The lowest BCUT2D eigenvalue weighted by molar-refractivity contribution is -0.129. The van der Waals surface area contributed by atoms with E-state index in [-0.39, 0.29) is 46.6 Å². The Morgan fingerprint density at radius 2 is 2.13 bits per heavy atom. The van der Waals surface area contributed by atoms with Gasteiger partial charge in [0.2, 0.25) is 11.8 Å². The Morgan fingerprint density at radius 1 is 1.41 bits per heavy atom. The molecule has 1 amide bonds. The fourth-order valence-electron chi connectivity index (χ4n) is 5.11. The number of allylic oxidation sites excluding steroid dienone is 3. The van der Waals surface area contributed by atoms with Crippen LogP contribution in [0.15, 0.2) is 59.0 Å². The van der Waals surface area contributed by atoms with Gasteiger partial charge in [0.05, 0.1) is 17.3 Å². The number of carbonyl (C=O) groups is 1. The number of aromatic nitrogens is 3. The minimum absolute atomic E-state index is 0.0447. The monoisotopic (exact) mass is 553 g/mol. The molecular weight excluding hydrogens is 524 g/mol. The van der Waals surface area contributed by atoms with Gasteiger partial charge in [0.1, 0.15) is 10.3 Å². The number of thioether (sulfide) groups is 1. The largest absolute Gasteiger partial charge is 0.463 e. The van der Waals surface area contributed by atoms with Crippen LogP contribution in [0.3, 0.4) is 0 Å². The van der Waals surface area contributed by atoms with Gasteiger partial charge < -0.3 is 20.7 Å². The highest BCUT2D eigenvalue weighted by Gasteiger charge is 2.76. The molecule has 1 aliphatic carbocycles. The molecule has 0 aromatic carbocycles. The first-order valence-electron chi connectivity index (χ1n) is 12.0. The number of fused-ring (bicyclic) bond motifs is 2. The summed E-state index contributed by atoms with van der Waals surface area (Å²) >= 11 is 1.17. The molecule has 1 saturated carbocycles. The number of nitrogens with one attached hydrogen (secondary N) is 1. The number of amides is 1. The van der Waals surface area contributed by atoms with Gasteiger partial charge in [-0.25, -0.2) is 23.7 Å². The van der Waals surface area contributed by atoms with Crippen LogP contribution in [0.5, 0.6) is 5.88 Å². The van der Waals surface area contributed by atoms with Crippen LogP contribution in [-0.4, -0.2) is 61.9 Å². The summed E-state index contributed by atoms with van der Waals surface area (Å²) < 4.78 is 35.1. The third kappa shape index (κ3) is 4.83. The maximum Gasteiger partial charge on any atom is 0.239 e. The number of amidine groups is 1. The van der Waals surface area contributed by atoms with Crippen molar-refractivity contribution >= 4 is 39.7 Å². The fourth-order valence-corrected chi connectivity index (χ4v) is 6.78. The Bertz CT molecular complexity index is 1500. The first-order valence-corrected chi connectivity index (χ1v) is 12.8. The SMILES string of the molecule is C#CCOc1cnc2c(N/C(C)=C/C(F)=C(/F)C(=C)[C@@]3(C)N=C(N)S[C@]4(C(=O)N(C)C)[C@H]3[C@@H]4C)nccc2n1. The van der Waals surface area contributed by atoms with E-state index in [9.17, 15) is 4.79 Å². The van der Waals surface area contributed by atoms with E-state index in [1.807, 2.05) is 6.92 Å². The number of nitrogens with zero attached hydrogens (tertiary/aromatic N) is 5. The predicted molar refractivity (Wildman–Crippen MR) is 149 cm³/mol. The number of nitrogens with two attached hydrogens (primary N) is 1. The average molecular weight is 554 g/mol. The summed E-state index contributed by atoms with van der Waals surface area (Å²) in [6.45, 7) is 8.95. The van der Waals surface area contributed by atoms with Crippen molar-refractivity contribution in [2.45, 2.75) is 31.1 Å². The van der Waals surface area contributed by atoms with Gasteiger partial charge >= 0.3 is 0 Å². The van der Waals surface area contributed by atoms with Crippen LogP contribution in [0.1, 0.15) is 20.8 Å². The number of ether oxygens (including phenoxy) is 1. The minimum Gasteiger partial charge on any atom is -0.463 e. The second-order valence-electron chi connectivity index (χ2n) is 9.78. The molecular formula is C27H29F2N7O2S. The molecule has 39 heavy (non-hydrogen) atoms. The molecule has 3 N–H and O–H groups in total. The summed E-state index contributed by atoms with van der Waals surface area (Å²) in [5.74, 6) is -0.166. The lowest BCUT2D eigenvalue weighted by Crippen LogP contribution is -2.45. The van der Waals surface area contributed by atoms with Gasteiger partial charge in [-0.15, -0.1) is 6.42 Å². The zero-order valence-electron chi connectivity index (χ0n) is 22.2. The predicted octanol–water partition coefficient (Wildman–Crippen LogP) is 3.97. The Morgan fingerprint density at radius 3 is 2.79 bits per heavy atom. The number of hydrogen-bond donors (Lipinski definition) is 2. The average Bonchev–Trinajstić information content (AvgIpc) is 3.50. The van der Waals surface area contributed by atoms with E-state index in [1.54, 1.807) is 34.0 Å². The van der Waals surface area contributed by atoms with Crippen LogP contribution in [0, 0.1) is 24.2 Å². The maximum absolute atomic E-state index is 15.5. The number of rotatable bonds is 8. The second kappa shape index (κ2) is 10.3. The minimum atomic E-state index is -1.30. The number of pyridine rings is 1.